The molecule has 0 radical (unpaired) electrons. The van der Waals surface area contributed by atoms with Gasteiger partial charge in [0.15, 0.2) is 0 Å². The number of rotatable bonds is 2. The van der Waals surface area contributed by atoms with Gasteiger partial charge in [0.2, 0.25) is 0 Å². The number of benzene rings is 2. The summed E-state index contributed by atoms with van der Waals surface area (Å²) >= 11 is 0. The van der Waals surface area contributed by atoms with Crippen molar-refractivity contribution in [2.45, 2.75) is 0 Å². The van der Waals surface area contributed by atoms with Crippen LogP contribution in [0.2, 0.25) is 0 Å². The molecule has 0 spiro atoms. The fraction of sp³-hybridized carbons (Fsp3) is 0. The summed E-state index contributed by atoms with van der Waals surface area (Å²) in [6.07, 6.45) is 3.42. The SMILES string of the molecule is N#Cc1c(F)cccc1-n1cc(-c2ccc(N)cc2)cn1. The minimum Gasteiger partial charge on any atom is -0.399 e. The van der Waals surface area contributed by atoms with Crippen molar-refractivity contribution in [1.29, 1.82) is 5.26 Å². The zero-order valence-electron chi connectivity index (χ0n) is 11.0. The van der Waals surface area contributed by atoms with Gasteiger partial charge in [-0.2, -0.15) is 10.4 Å². The van der Waals surface area contributed by atoms with Gasteiger partial charge in [0, 0.05) is 17.4 Å². The van der Waals surface area contributed by atoms with Gasteiger partial charge in [-0.15, -0.1) is 0 Å². The summed E-state index contributed by atoms with van der Waals surface area (Å²) in [5.41, 5.74) is 8.55. The van der Waals surface area contributed by atoms with E-state index in [2.05, 4.69) is 5.10 Å². The van der Waals surface area contributed by atoms with Crippen LogP contribution in [0.1, 0.15) is 5.56 Å². The van der Waals surface area contributed by atoms with Gasteiger partial charge in [-0.1, -0.05) is 18.2 Å². The summed E-state index contributed by atoms with van der Waals surface area (Å²) < 4.78 is 15.1. The fourth-order valence-electron chi connectivity index (χ4n) is 2.09. The molecule has 0 aliphatic rings. The Morgan fingerprint density at radius 3 is 2.57 bits per heavy atom. The Kier molecular flexibility index (Phi) is 3.13. The second kappa shape index (κ2) is 5.10. The number of hydrogen-bond donors (Lipinski definition) is 1. The van der Waals surface area contributed by atoms with E-state index in [0.29, 0.717) is 11.4 Å². The van der Waals surface area contributed by atoms with Crippen molar-refractivity contribution in [2.75, 3.05) is 5.73 Å². The Morgan fingerprint density at radius 2 is 1.86 bits per heavy atom. The van der Waals surface area contributed by atoms with Crippen molar-refractivity contribution in [3.63, 3.8) is 0 Å². The first-order chi connectivity index (χ1) is 10.2. The maximum absolute atomic E-state index is 13.6. The van der Waals surface area contributed by atoms with E-state index in [9.17, 15) is 4.39 Å². The van der Waals surface area contributed by atoms with Crippen LogP contribution in [-0.2, 0) is 0 Å². The molecule has 0 aliphatic heterocycles. The molecular formula is C16H11FN4. The van der Waals surface area contributed by atoms with Crippen molar-refractivity contribution in [2.24, 2.45) is 0 Å². The average molecular weight is 278 g/mol. The Hall–Kier alpha value is -3.13. The highest BCUT2D eigenvalue weighted by atomic mass is 19.1. The van der Waals surface area contributed by atoms with Crippen LogP contribution in [0.5, 0.6) is 0 Å². The summed E-state index contributed by atoms with van der Waals surface area (Å²) in [6.45, 7) is 0. The molecule has 0 fully saturated rings. The normalized spacial score (nSPS) is 10.3. The maximum atomic E-state index is 13.6. The van der Waals surface area contributed by atoms with Gasteiger partial charge in [-0.05, 0) is 29.8 Å². The second-order valence-electron chi connectivity index (χ2n) is 4.54. The molecule has 5 heteroatoms. The smallest absolute Gasteiger partial charge is 0.143 e. The number of aromatic nitrogens is 2. The van der Waals surface area contributed by atoms with E-state index in [-0.39, 0.29) is 5.56 Å². The van der Waals surface area contributed by atoms with Crippen LogP contribution < -0.4 is 5.73 Å². The number of anilines is 1. The number of nitrogens with two attached hydrogens (primary N) is 1. The lowest BCUT2D eigenvalue weighted by Crippen LogP contribution is -1.99. The largest absolute Gasteiger partial charge is 0.399 e. The van der Waals surface area contributed by atoms with Gasteiger partial charge < -0.3 is 5.73 Å². The number of halogens is 1. The van der Waals surface area contributed by atoms with E-state index in [1.807, 2.05) is 18.2 Å². The number of nitriles is 1. The van der Waals surface area contributed by atoms with Crippen LogP contribution >= 0.6 is 0 Å². The van der Waals surface area contributed by atoms with Gasteiger partial charge in [-0.3, -0.25) is 0 Å². The highest BCUT2D eigenvalue weighted by Crippen LogP contribution is 2.23. The summed E-state index contributed by atoms with van der Waals surface area (Å²) in [5, 5.41) is 13.3. The third-order valence-electron chi connectivity index (χ3n) is 3.18. The summed E-state index contributed by atoms with van der Waals surface area (Å²) in [7, 11) is 0. The van der Waals surface area contributed by atoms with E-state index < -0.39 is 5.82 Å². The van der Waals surface area contributed by atoms with Gasteiger partial charge in [0.05, 0.1) is 11.9 Å². The molecule has 1 heterocycles. The van der Waals surface area contributed by atoms with Crippen molar-refractivity contribution in [1.82, 2.24) is 9.78 Å². The molecule has 2 N–H and O–H groups in total. The van der Waals surface area contributed by atoms with Crippen molar-refractivity contribution in [3.8, 4) is 22.9 Å². The highest BCUT2D eigenvalue weighted by molar-refractivity contribution is 5.65. The first-order valence-electron chi connectivity index (χ1n) is 6.28. The standard InChI is InChI=1S/C16H11FN4/c17-15-2-1-3-16(14(15)8-18)21-10-12(9-20-21)11-4-6-13(19)7-5-11/h1-7,9-10H,19H2. The fourth-order valence-corrected chi connectivity index (χ4v) is 2.09. The van der Waals surface area contributed by atoms with Gasteiger partial charge in [-0.25, -0.2) is 9.07 Å². The van der Waals surface area contributed by atoms with Crippen LogP contribution in [0.25, 0.3) is 16.8 Å². The Balaban J connectivity index is 2.05. The molecule has 4 nitrogen and oxygen atoms in total. The van der Waals surface area contributed by atoms with E-state index in [1.54, 1.807) is 36.7 Å². The maximum Gasteiger partial charge on any atom is 0.143 e. The number of hydrogen-bond acceptors (Lipinski definition) is 3. The number of nitrogen functional groups attached to an aromatic ring is 1. The zero-order valence-corrected chi connectivity index (χ0v) is 11.0. The molecule has 0 amide bonds. The molecular weight excluding hydrogens is 267 g/mol. The van der Waals surface area contributed by atoms with Gasteiger partial charge in [0.1, 0.15) is 17.4 Å². The topological polar surface area (TPSA) is 67.6 Å². The third kappa shape index (κ3) is 2.35. The van der Waals surface area contributed by atoms with Crippen molar-refractivity contribution < 1.29 is 4.39 Å². The van der Waals surface area contributed by atoms with Gasteiger partial charge in [0.25, 0.3) is 0 Å². The Morgan fingerprint density at radius 1 is 1.10 bits per heavy atom. The van der Waals surface area contributed by atoms with Crippen LogP contribution in [0, 0.1) is 17.1 Å². The van der Waals surface area contributed by atoms with E-state index in [1.165, 1.54) is 10.7 Å². The predicted molar refractivity (Wildman–Crippen MR) is 78.1 cm³/mol. The van der Waals surface area contributed by atoms with E-state index >= 15 is 0 Å². The third-order valence-corrected chi connectivity index (χ3v) is 3.18. The minimum absolute atomic E-state index is 0.0237. The zero-order chi connectivity index (χ0) is 14.8. The molecule has 0 aliphatic carbocycles. The molecule has 0 bridgehead atoms. The lowest BCUT2D eigenvalue weighted by molar-refractivity contribution is 0.621. The number of nitrogens with zero attached hydrogens (tertiary/aromatic N) is 3. The quantitative estimate of drug-likeness (QED) is 0.732. The average Bonchev–Trinajstić information content (AvgIpc) is 2.97. The molecule has 102 valence electrons. The lowest BCUT2D eigenvalue weighted by atomic mass is 10.1. The first kappa shape index (κ1) is 12.9. The minimum atomic E-state index is -0.556. The lowest BCUT2D eigenvalue weighted by Gasteiger charge is -2.04. The van der Waals surface area contributed by atoms with Crippen LogP contribution in [0.3, 0.4) is 0 Å². The Bertz CT molecular complexity index is 828. The monoisotopic (exact) mass is 278 g/mol. The Labute approximate surface area is 120 Å². The molecule has 2 aromatic carbocycles. The van der Waals surface area contributed by atoms with Crippen molar-refractivity contribution >= 4 is 5.69 Å². The molecule has 1 aromatic heterocycles. The van der Waals surface area contributed by atoms with Crippen LogP contribution in [-0.4, -0.2) is 9.78 Å². The predicted octanol–water partition coefficient (Wildman–Crippen LogP) is 3.13. The molecule has 0 unspecified atom stereocenters. The van der Waals surface area contributed by atoms with Crippen LogP contribution in [0.4, 0.5) is 10.1 Å². The first-order valence-corrected chi connectivity index (χ1v) is 6.28. The highest BCUT2D eigenvalue weighted by Gasteiger charge is 2.11. The summed E-state index contributed by atoms with van der Waals surface area (Å²) in [4.78, 5) is 0. The molecule has 3 rings (SSSR count). The van der Waals surface area contributed by atoms with Crippen molar-refractivity contribution in [3.05, 3.63) is 66.2 Å². The summed E-state index contributed by atoms with van der Waals surface area (Å²) in [6, 6.07) is 13.7. The molecule has 0 atom stereocenters. The molecule has 3 aromatic rings. The molecule has 0 saturated carbocycles. The van der Waals surface area contributed by atoms with Crippen LogP contribution in [0.15, 0.2) is 54.9 Å². The second-order valence-corrected chi connectivity index (χ2v) is 4.54. The van der Waals surface area contributed by atoms with Gasteiger partial charge >= 0.3 is 0 Å². The van der Waals surface area contributed by atoms with E-state index in [0.717, 1.165) is 11.1 Å². The molecule has 21 heavy (non-hydrogen) atoms. The van der Waals surface area contributed by atoms with E-state index in [4.69, 9.17) is 11.0 Å². The molecule has 0 saturated heterocycles. The summed E-state index contributed by atoms with van der Waals surface area (Å²) in [5.74, 6) is -0.556.